The summed E-state index contributed by atoms with van der Waals surface area (Å²) in [7, 11) is 1.65. The number of carbonyl (C=O) groups is 1. The molecule has 180 valence electrons. The van der Waals surface area contributed by atoms with Gasteiger partial charge in [-0.1, -0.05) is 60.3 Å². The van der Waals surface area contributed by atoms with E-state index in [1.165, 1.54) is 17.3 Å². The Morgan fingerprint density at radius 2 is 1.66 bits per heavy atom. The van der Waals surface area contributed by atoms with Crippen LogP contribution in [0.25, 0.3) is 11.4 Å². The molecule has 4 aromatic rings. The number of nitrogens with one attached hydrogen (secondary N) is 1. The van der Waals surface area contributed by atoms with Crippen LogP contribution in [0.3, 0.4) is 0 Å². The largest absolute Gasteiger partial charge is 0.497 e. The molecule has 0 bridgehead atoms. The van der Waals surface area contributed by atoms with Gasteiger partial charge in [-0.05, 0) is 68.1 Å². The Hall–Kier alpha value is -3.58. The minimum Gasteiger partial charge on any atom is -0.497 e. The van der Waals surface area contributed by atoms with Crippen LogP contribution in [-0.4, -0.2) is 33.0 Å². The zero-order valence-electron chi connectivity index (χ0n) is 20.5. The average Bonchev–Trinajstić information content (AvgIpc) is 3.27. The summed E-state index contributed by atoms with van der Waals surface area (Å²) < 4.78 is 7.40. The van der Waals surface area contributed by atoms with Gasteiger partial charge in [0, 0.05) is 17.8 Å². The summed E-state index contributed by atoms with van der Waals surface area (Å²) in [5, 5.41) is 12.4. The van der Waals surface area contributed by atoms with Crippen LogP contribution in [0.1, 0.15) is 23.6 Å². The van der Waals surface area contributed by atoms with Crippen LogP contribution in [0.2, 0.25) is 0 Å². The number of ether oxygens (including phenoxy) is 1. The molecule has 35 heavy (non-hydrogen) atoms. The zero-order valence-corrected chi connectivity index (χ0v) is 21.3. The van der Waals surface area contributed by atoms with E-state index in [0.29, 0.717) is 6.54 Å². The highest BCUT2D eigenvalue weighted by atomic mass is 32.2. The Bertz CT molecular complexity index is 1270. The minimum atomic E-state index is -0.350. The van der Waals surface area contributed by atoms with E-state index in [9.17, 15) is 4.79 Å². The molecule has 1 aromatic heterocycles. The average molecular weight is 487 g/mol. The number of hydrogen-bond donors (Lipinski definition) is 1. The van der Waals surface area contributed by atoms with Crippen molar-refractivity contribution in [2.75, 3.05) is 12.4 Å². The predicted molar refractivity (Wildman–Crippen MR) is 142 cm³/mol. The molecule has 0 radical (unpaired) electrons. The molecule has 0 aliphatic carbocycles. The third-order valence-electron chi connectivity index (χ3n) is 5.91. The second-order valence-electron chi connectivity index (χ2n) is 8.44. The molecule has 1 heterocycles. The number of para-hydroxylation sites is 1. The third kappa shape index (κ3) is 5.92. The van der Waals surface area contributed by atoms with Gasteiger partial charge in [0.2, 0.25) is 5.91 Å². The van der Waals surface area contributed by atoms with E-state index in [2.05, 4.69) is 32.2 Å². The fourth-order valence-electron chi connectivity index (χ4n) is 3.86. The molecule has 4 rings (SSSR count). The molecule has 0 spiro atoms. The van der Waals surface area contributed by atoms with Gasteiger partial charge in [-0.2, -0.15) is 0 Å². The highest BCUT2D eigenvalue weighted by Gasteiger charge is 2.22. The summed E-state index contributed by atoms with van der Waals surface area (Å²) in [6.07, 6.45) is 0.832. The smallest absolute Gasteiger partial charge is 0.237 e. The molecule has 0 fully saturated rings. The number of hydrogen-bond acceptors (Lipinski definition) is 5. The second-order valence-corrected chi connectivity index (χ2v) is 9.75. The molecule has 0 saturated carbocycles. The van der Waals surface area contributed by atoms with E-state index in [1.807, 2.05) is 81.4 Å². The van der Waals surface area contributed by atoms with Gasteiger partial charge in [-0.25, -0.2) is 0 Å². The molecule has 0 aliphatic heterocycles. The summed E-state index contributed by atoms with van der Waals surface area (Å²) in [5.41, 5.74) is 5.14. The lowest BCUT2D eigenvalue weighted by Crippen LogP contribution is -2.24. The van der Waals surface area contributed by atoms with Gasteiger partial charge >= 0.3 is 0 Å². The van der Waals surface area contributed by atoms with E-state index in [4.69, 9.17) is 4.74 Å². The van der Waals surface area contributed by atoms with Crippen molar-refractivity contribution in [1.82, 2.24) is 14.8 Å². The fraction of sp³-hybridized carbons (Fsp3) is 0.250. The van der Waals surface area contributed by atoms with Crippen molar-refractivity contribution in [3.8, 4) is 17.1 Å². The quantitative estimate of drug-likeness (QED) is 0.297. The van der Waals surface area contributed by atoms with E-state index < -0.39 is 0 Å². The number of aryl methyl sites for hydroxylation is 3. The van der Waals surface area contributed by atoms with Crippen LogP contribution in [0.5, 0.6) is 5.75 Å². The predicted octanol–water partition coefficient (Wildman–Crippen LogP) is 5.93. The Balaban J connectivity index is 1.57. The Kier molecular flexibility index (Phi) is 7.87. The fourth-order valence-corrected chi connectivity index (χ4v) is 4.74. The maximum absolute atomic E-state index is 13.1. The van der Waals surface area contributed by atoms with E-state index in [0.717, 1.165) is 45.5 Å². The van der Waals surface area contributed by atoms with Gasteiger partial charge in [-0.15, -0.1) is 10.2 Å². The van der Waals surface area contributed by atoms with Gasteiger partial charge < -0.3 is 14.6 Å². The van der Waals surface area contributed by atoms with Crippen LogP contribution < -0.4 is 10.1 Å². The lowest BCUT2D eigenvalue weighted by atomic mass is 10.1. The standard InChI is InChI=1S/C28H30N4O2S/c1-19-9-8-10-20(2)25(19)29-27(33)21(3)35-28-31-30-26(23-13-15-24(34-4)16-14-23)32(28)18-17-22-11-6-5-7-12-22/h5-16,21H,17-18H2,1-4H3,(H,29,33). The Morgan fingerprint density at radius 1 is 0.971 bits per heavy atom. The number of carbonyl (C=O) groups excluding carboxylic acids is 1. The van der Waals surface area contributed by atoms with Crippen molar-refractivity contribution in [3.05, 3.63) is 89.5 Å². The van der Waals surface area contributed by atoms with Gasteiger partial charge in [0.1, 0.15) is 5.75 Å². The Labute approximate surface area is 210 Å². The van der Waals surface area contributed by atoms with Crippen molar-refractivity contribution < 1.29 is 9.53 Å². The Morgan fingerprint density at radius 3 is 2.31 bits per heavy atom. The third-order valence-corrected chi connectivity index (χ3v) is 6.99. The number of nitrogens with zero attached hydrogens (tertiary/aromatic N) is 3. The van der Waals surface area contributed by atoms with Crippen LogP contribution >= 0.6 is 11.8 Å². The van der Waals surface area contributed by atoms with Crippen LogP contribution in [-0.2, 0) is 17.8 Å². The summed E-state index contributed by atoms with van der Waals surface area (Å²) in [6.45, 7) is 6.60. The number of amides is 1. The summed E-state index contributed by atoms with van der Waals surface area (Å²) in [5.74, 6) is 1.50. The number of aromatic nitrogens is 3. The van der Waals surface area contributed by atoms with Crippen molar-refractivity contribution >= 4 is 23.4 Å². The summed E-state index contributed by atoms with van der Waals surface area (Å²) in [6, 6.07) is 24.1. The maximum Gasteiger partial charge on any atom is 0.237 e. The van der Waals surface area contributed by atoms with Crippen LogP contribution in [0.15, 0.2) is 78.0 Å². The van der Waals surface area contributed by atoms with Crippen LogP contribution in [0.4, 0.5) is 5.69 Å². The van der Waals surface area contributed by atoms with Gasteiger partial charge in [0.25, 0.3) is 0 Å². The molecule has 7 heteroatoms. The molecular formula is C28H30N4O2S. The number of anilines is 1. The topological polar surface area (TPSA) is 69.0 Å². The van der Waals surface area contributed by atoms with E-state index >= 15 is 0 Å². The summed E-state index contributed by atoms with van der Waals surface area (Å²) >= 11 is 1.42. The SMILES string of the molecule is COc1ccc(-c2nnc(SC(C)C(=O)Nc3c(C)cccc3C)n2CCc2ccccc2)cc1. The first-order chi connectivity index (χ1) is 17.0. The van der Waals surface area contributed by atoms with Gasteiger partial charge in [-0.3, -0.25) is 4.79 Å². The first-order valence-electron chi connectivity index (χ1n) is 11.6. The number of rotatable bonds is 9. The molecule has 0 saturated heterocycles. The normalized spacial score (nSPS) is 11.8. The lowest BCUT2D eigenvalue weighted by molar-refractivity contribution is -0.115. The van der Waals surface area contributed by atoms with E-state index in [1.54, 1.807) is 7.11 Å². The lowest BCUT2D eigenvalue weighted by Gasteiger charge is -2.16. The number of methoxy groups -OCH3 is 1. The first-order valence-corrected chi connectivity index (χ1v) is 12.5. The number of thioether (sulfide) groups is 1. The second kappa shape index (κ2) is 11.2. The monoisotopic (exact) mass is 486 g/mol. The first kappa shape index (κ1) is 24.5. The highest BCUT2D eigenvalue weighted by Crippen LogP contribution is 2.29. The van der Waals surface area contributed by atoms with Crippen molar-refractivity contribution in [2.45, 2.75) is 44.1 Å². The van der Waals surface area contributed by atoms with Crippen molar-refractivity contribution in [1.29, 1.82) is 0 Å². The molecule has 3 aromatic carbocycles. The van der Waals surface area contributed by atoms with Gasteiger partial charge in [0.05, 0.1) is 12.4 Å². The zero-order chi connectivity index (χ0) is 24.8. The minimum absolute atomic E-state index is 0.0593. The molecule has 1 N–H and O–H groups in total. The van der Waals surface area contributed by atoms with Gasteiger partial charge in [0.15, 0.2) is 11.0 Å². The molecule has 0 aliphatic rings. The van der Waals surface area contributed by atoms with Crippen molar-refractivity contribution in [3.63, 3.8) is 0 Å². The summed E-state index contributed by atoms with van der Waals surface area (Å²) in [4.78, 5) is 13.1. The highest BCUT2D eigenvalue weighted by molar-refractivity contribution is 8.00. The molecule has 1 unspecified atom stereocenters. The number of benzene rings is 3. The van der Waals surface area contributed by atoms with Crippen LogP contribution in [0, 0.1) is 13.8 Å². The van der Waals surface area contributed by atoms with Crippen molar-refractivity contribution in [2.24, 2.45) is 0 Å². The molecule has 6 nitrogen and oxygen atoms in total. The molecular weight excluding hydrogens is 456 g/mol. The van der Waals surface area contributed by atoms with E-state index in [-0.39, 0.29) is 11.2 Å². The maximum atomic E-state index is 13.1. The molecule has 1 amide bonds. The molecule has 1 atom stereocenters.